The van der Waals surface area contributed by atoms with Crippen LogP contribution in [0.25, 0.3) is 0 Å². The molecule has 2 heterocycles. The number of thioether (sulfide) groups is 1. The maximum absolute atomic E-state index is 12.2. The van der Waals surface area contributed by atoms with E-state index in [9.17, 15) is 4.79 Å². The van der Waals surface area contributed by atoms with E-state index in [-0.39, 0.29) is 11.2 Å². The number of piperidine rings is 1. The fraction of sp³-hybridized carbons (Fsp3) is 0.941. The number of carbonyl (C=O) groups excluding carboxylic acids is 1. The third-order valence-corrected chi connectivity index (χ3v) is 5.95. The molecule has 2 fully saturated rings. The number of hydrogen-bond acceptors (Lipinski definition) is 4. The van der Waals surface area contributed by atoms with Crippen LogP contribution in [0.15, 0.2) is 0 Å². The van der Waals surface area contributed by atoms with E-state index in [0.29, 0.717) is 6.04 Å². The van der Waals surface area contributed by atoms with Crippen LogP contribution in [0.2, 0.25) is 0 Å². The topological polar surface area (TPSA) is 41.6 Å². The van der Waals surface area contributed by atoms with Crippen molar-refractivity contribution >= 4 is 17.7 Å². The van der Waals surface area contributed by atoms with Crippen LogP contribution < -0.4 is 5.32 Å². The molecule has 0 aromatic carbocycles. The fourth-order valence-electron chi connectivity index (χ4n) is 3.15. The highest BCUT2D eigenvalue weighted by Crippen LogP contribution is 2.18. The maximum Gasteiger partial charge on any atom is 0.233 e. The van der Waals surface area contributed by atoms with Crippen molar-refractivity contribution in [2.45, 2.75) is 57.2 Å². The Balaban J connectivity index is 1.60. The summed E-state index contributed by atoms with van der Waals surface area (Å²) in [6.07, 6.45) is 5.79. The zero-order valence-electron chi connectivity index (χ0n) is 14.2. The Labute approximate surface area is 139 Å². The van der Waals surface area contributed by atoms with Gasteiger partial charge >= 0.3 is 0 Å². The molecule has 0 bridgehead atoms. The monoisotopic (exact) mass is 328 g/mol. The van der Waals surface area contributed by atoms with Gasteiger partial charge in [-0.3, -0.25) is 4.79 Å². The number of likely N-dealkylation sites (tertiary alicyclic amines) is 1. The van der Waals surface area contributed by atoms with Gasteiger partial charge in [-0.25, -0.2) is 0 Å². The number of rotatable bonds is 8. The van der Waals surface area contributed by atoms with Gasteiger partial charge in [0.25, 0.3) is 0 Å². The van der Waals surface area contributed by atoms with Crippen molar-refractivity contribution in [1.29, 1.82) is 0 Å². The first-order valence-electron chi connectivity index (χ1n) is 8.91. The molecular weight excluding hydrogens is 296 g/mol. The summed E-state index contributed by atoms with van der Waals surface area (Å²) in [4.78, 5) is 14.7. The zero-order chi connectivity index (χ0) is 15.8. The van der Waals surface area contributed by atoms with Gasteiger partial charge in [0.15, 0.2) is 0 Å². The molecular formula is C17H32N2O2S. The second-order valence-electron chi connectivity index (χ2n) is 6.68. The molecule has 2 rings (SSSR count). The summed E-state index contributed by atoms with van der Waals surface area (Å²) in [5, 5.41) is 3.33. The number of unbranched alkanes of at least 4 members (excludes halogenated alkanes) is 1. The Bertz CT molecular complexity index is 327. The Kier molecular flexibility index (Phi) is 8.04. The van der Waals surface area contributed by atoms with Crippen LogP contribution in [-0.2, 0) is 9.53 Å². The highest BCUT2D eigenvalue weighted by molar-refractivity contribution is 8.00. The van der Waals surface area contributed by atoms with Gasteiger partial charge in [0.05, 0.1) is 11.9 Å². The van der Waals surface area contributed by atoms with Gasteiger partial charge in [0.1, 0.15) is 0 Å². The Morgan fingerprint density at radius 1 is 1.36 bits per heavy atom. The predicted octanol–water partition coefficient (Wildman–Crippen LogP) is 2.53. The number of carbonyl (C=O) groups is 1. The maximum atomic E-state index is 12.2. The highest BCUT2D eigenvalue weighted by atomic mass is 32.2. The standard InChI is InChI=1S/C17H32N2O2S/c1-3-4-11-22-14(2)17(20)18-16-5-8-19(9-6-16)12-15-7-10-21-13-15/h14-16H,3-13H2,1-2H3,(H,18,20)/t14-,15+/m1/s1. The van der Waals surface area contributed by atoms with Crippen LogP contribution in [0.5, 0.6) is 0 Å². The number of hydrogen-bond donors (Lipinski definition) is 1. The largest absolute Gasteiger partial charge is 0.381 e. The summed E-state index contributed by atoms with van der Waals surface area (Å²) in [5.41, 5.74) is 0. The van der Waals surface area contributed by atoms with E-state index in [0.717, 1.165) is 50.8 Å². The van der Waals surface area contributed by atoms with Gasteiger partial charge in [-0.1, -0.05) is 13.3 Å². The first-order chi connectivity index (χ1) is 10.7. The van der Waals surface area contributed by atoms with Gasteiger partial charge < -0.3 is 15.0 Å². The minimum Gasteiger partial charge on any atom is -0.381 e. The summed E-state index contributed by atoms with van der Waals surface area (Å²) in [5.74, 6) is 2.04. The number of ether oxygens (including phenoxy) is 1. The van der Waals surface area contributed by atoms with E-state index in [1.165, 1.54) is 25.8 Å². The second-order valence-corrected chi connectivity index (χ2v) is 8.13. The molecule has 0 aromatic heterocycles. The summed E-state index contributed by atoms with van der Waals surface area (Å²) in [6, 6.07) is 0.373. The van der Waals surface area contributed by atoms with Crippen LogP contribution in [0.4, 0.5) is 0 Å². The molecule has 2 atom stereocenters. The molecule has 2 aliphatic rings. The molecule has 4 nitrogen and oxygen atoms in total. The smallest absolute Gasteiger partial charge is 0.233 e. The average Bonchev–Trinajstić information content (AvgIpc) is 3.02. The molecule has 0 unspecified atom stereocenters. The van der Waals surface area contributed by atoms with Gasteiger partial charge in [-0.15, -0.1) is 11.8 Å². The molecule has 1 amide bonds. The molecule has 0 aromatic rings. The SMILES string of the molecule is CCCCS[C@H](C)C(=O)NC1CCN(C[C@@H]2CCOC2)CC1. The lowest BCUT2D eigenvalue weighted by Gasteiger charge is -2.34. The Morgan fingerprint density at radius 2 is 2.14 bits per heavy atom. The Hall–Kier alpha value is -0.260. The molecule has 0 spiro atoms. The first kappa shape index (κ1) is 18.1. The number of nitrogens with zero attached hydrogens (tertiary/aromatic N) is 1. The lowest BCUT2D eigenvalue weighted by Crippen LogP contribution is -2.47. The van der Waals surface area contributed by atoms with Crippen LogP contribution in [0, 0.1) is 5.92 Å². The van der Waals surface area contributed by atoms with E-state index < -0.39 is 0 Å². The number of amides is 1. The minimum absolute atomic E-state index is 0.0835. The van der Waals surface area contributed by atoms with E-state index in [1.807, 2.05) is 6.92 Å². The molecule has 22 heavy (non-hydrogen) atoms. The van der Waals surface area contributed by atoms with Crippen molar-refractivity contribution in [1.82, 2.24) is 10.2 Å². The van der Waals surface area contributed by atoms with Crippen molar-refractivity contribution in [2.24, 2.45) is 5.92 Å². The summed E-state index contributed by atoms with van der Waals surface area (Å²) in [7, 11) is 0. The van der Waals surface area contributed by atoms with Crippen LogP contribution in [-0.4, -0.2) is 60.7 Å². The van der Waals surface area contributed by atoms with E-state index in [2.05, 4.69) is 17.1 Å². The third kappa shape index (κ3) is 6.09. The van der Waals surface area contributed by atoms with Crippen molar-refractivity contribution < 1.29 is 9.53 Å². The number of nitrogens with one attached hydrogen (secondary N) is 1. The predicted molar refractivity (Wildman–Crippen MR) is 93.4 cm³/mol. The van der Waals surface area contributed by atoms with Gasteiger partial charge in [0.2, 0.25) is 5.91 Å². The first-order valence-corrected chi connectivity index (χ1v) is 9.96. The minimum atomic E-state index is 0.0835. The lowest BCUT2D eigenvalue weighted by atomic mass is 10.0. The van der Waals surface area contributed by atoms with Crippen molar-refractivity contribution in [3.8, 4) is 0 Å². The molecule has 1 N–H and O–H groups in total. The second kappa shape index (κ2) is 9.78. The zero-order valence-corrected chi connectivity index (χ0v) is 15.0. The Morgan fingerprint density at radius 3 is 2.77 bits per heavy atom. The third-order valence-electron chi connectivity index (χ3n) is 4.71. The molecule has 0 aliphatic carbocycles. The normalized spacial score (nSPS) is 25.3. The molecule has 128 valence electrons. The van der Waals surface area contributed by atoms with Crippen LogP contribution in [0.3, 0.4) is 0 Å². The summed E-state index contributed by atoms with van der Waals surface area (Å²) >= 11 is 1.78. The molecule has 2 saturated heterocycles. The molecule has 0 radical (unpaired) electrons. The van der Waals surface area contributed by atoms with Gasteiger partial charge in [0, 0.05) is 32.3 Å². The molecule has 0 saturated carbocycles. The van der Waals surface area contributed by atoms with Crippen molar-refractivity contribution in [3.05, 3.63) is 0 Å². The highest BCUT2D eigenvalue weighted by Gasteiger charge is 2.25. The van der Waals surface area contributed by atoms with E-state index in [4.69, 9.17) is 4.74 Å². The van der Waals surface area contributed by atoms with Crippen molar-refractivity contribution in [3.63, 3.8) is 0 Å². The van der Waals surface area contributed by atoms with Crippen molar-refractivity contribution in [2.75, 3.05) is 38.6 Å². The van der Waals surface area contributed by atoms with E-state index >= 15 is 0 Å². The summed E-state index contributed by atoms with van der Waals surface area (Å²) < 4.78 is 5.45. The fourth-order valence-corrected chi connectivity index (χ4v) is 4.18. The molecule has 5 heteroatoms. The average molecular weight is 329 g/mol. The van der Waals surface area contributed by atoms with Gasteiger partial charge in [-0.05, 0) is 44.3 Å². The van der Waals surface area contributed by atoms with Gasteiger partial charge in [-0.2, -0.15) is 0 Å². The summed E-state index contributed by atoms with van der Waals surface area (Å²) in [6.45, 7) is 9.48. The lowest BCUT2D eigenvalue weighted by molar-refractivity contribution is -0.121. The van der Waals surface area contributed by atoms with E-state index in [1.54, 1.807) is 11.8 Å². The van der Waals surface area contributed by atoms with Crippen LogP contribution in [0.1, 0.15) is 46.0 Å². The van der Waals surface area contributed by atoms with Crippen LogP contribution >= 0.6 is 11.8 Å². The quantitative estimate of drug-likeness (QED) is 0.695. The molecule has 2 aliphatic heterocycles.